The molecule has 10 heteroatoms. The Morgan fingerprint density at radius 3 is 2.39 bits per heavy atom. The molecule has 0 unspecified atom stereocenters. The molecule has 1 aliphatic rings. The third-order valence-electron chi connectivity index (χ3n) is 6.13. The normalized spacial score (nSPS) is 13.7. The summed E-state index contributed by atoms with van der Waals surface area (Å²) in [6, 6.07) is 20.1. The number of nitrogen functional groups attached to an aromatic ring is 1. The van der Waals surface area contributed by atoms with Crippen LogP contribution in [0.5, 0.6) is 0 Å². The van der Waals surface area contributed by atoms with Gasteiger partial charge in [-0.05, 0) is 54.2 Å². The Bertz CT molecular complexity index is 1360. The van der Waals surface area contributed by atoms with E-state index in [1.165, 1.54) is 12.1 Å². The number of aromatic nitrogens is 3. The SMILES string of the molecule is CON(Cc1ccccc1)C(=S)N1CCN(c2nc(N)nc3ccc(-c4ccc(F)cc4)nc23)CC1. The van der Waals surface area contributed by atoms with Crippen molar-refractivity contribution >= 4 is 40.1 Å². The molecule has 4 aromatic rings. The van der Waals surface area contributed by atoms with Crippen LogP contribution in [0.3, 0.4) is 0 Å². The van der Waals surface area contributed by atoms with E-state index >= 15 is 0 Å². The van der Waals surface area contributed by atoms with E-state index in [0.29, 0.717) is 60.4 Å². The summed E-state index contributed by atoms with van der Waals surface area (Å²) >= 11 is 5.75. The fourth-order valence-corrected chi connectivity index (χ4v) is 4.57. The maximum atomic E-state index is 13.4. The van der Waals surface area contributed by atoms with Crippen LogP contribution in [0.4, 0.5) is 16.2 Å². The summed E-state index contributed by atoms with van der Waals surface area (Å²) < 4.78 is 13.4. The van der Waals surface area contributed by atoms with Crippen LogP contribution in [-0.4, -0.2) is 63.3 Å². The Labute approximate surface area is 214 Å². The molecule has 184 valence electrons. The molecule has 0 spiro atoms. The number of hydrogen-bond acceptors (Lipinski definition) is 7. The third kappa shape index (κ3) is 5.05. The van der Waals surface area contributed by atoms with Crippen LogP contribution < -0.4 is 10.6 Å². The summed E-state index contributed by atoms with van der Waals surface area (Å²) in [4.78, 5) is 23.6. The van der Waals surface area contributed by atoms with Gasteiger partial charge in [-0.3, -0.25) is 4.84 Å². The Morgan fingerprint density at radius 2 is 1.69 bits per heavy atom. The summed E-state index contributed by atoms with van der Waals surface area (Å²) in [7, 11) is 1.63. The molecule has 0 radical (unpaired) electrons. The van der Waals surface area contributed by atoms with E-state index in [1.807, 2.05) is 42.5 Å². The molecule has 3 heterocycles. The highest BCUT2D eigenvalue weighted by atomic mass is 32.1. The number of thiocarbonyl (C=S) groups is 1. The fraction of sp³-hybridized carbons (Fsp3) is 0.231. The van der Waals surface area contributed by atoms with Gasteiger partial charge >= 0.3 is 0 Å². The van der Waals surface area contributed by atoms with Crippen LogP contribution in [0.25, 0.3) is 22.3 Å². The lowest BCUT2D eigenvalue weighted by Crippen LogP contribution is -2.52. The minimum Gasteiger partial charge on any atom is -0.368 e. The number of nitrogens with two attached hydrogens (primary N) is 1. The standard InChI is InChI=1S/C26H26FN7OS/c1-35-34(17-18-5-3-2-4-6-18)26(36)33-15-13-32(14-16-33)24-23-22(30-25(28)31-24)12-11-21(29-23)19-7-9-20(27)10-8-19/h2-12H,13-17H2,1H3,(H2,28,30,31). The zero-order valence-corrected chi connectivity index (χ0v) is 20.7. The maximum Gasteiger partial charge on any atom is 0.222 e. The highest BCUT2D eigenvalue weighted by molar-refractivity contribution is 7.80. The fourth-order valence-electron chi connectivity index (χ4n) is 4.25. The Balaban J connectivity index is 1.34. The van der Waals surface area contributed by atoms with E-state index in [0.717, 1.165) is 11.1 Å². The number of hydrogen-bond donors (Lipinski definition) is 1. The smallest absolute Gasteiger partial charge is 0.222 e. The highest BCUT2D eigenvalue weighted by Gasteiger charge is 2.25. The lowest BCUT2D eigenvalue weighted by Gasteiger charge is -2.39. The molecule has 1 fully saturated rings. The molecule has 2 aromatic heterocycles. The lowest BCUT2D eigenvalue weighted by atomic mass is 10.1. The van der Waals surface area contributed by atoms with E-state index in [-0.39, 0.29) is 11.8 Å². The van der Waals surface area contributed by atoms with E-state index in [4.69, 9.17) is 27.8 Å². The van der Waals surface area contributed by atoms with Gasteiger partial charge in [0, 0.05) is 31.7 Å². The van der Waals surface area contributed by atoms with Gasteiger partial charge in [-0.2, -0.15) is 4.98 Å². The number of fused-ring (bicyclic) bond motifs is 1. The van der Waals surface area contributed by atoms with Crippen molar-refractivity contribution in [3.05, 3.63) is 78.1 Å². The molecule has 8 nitrogen and oxygen atoms in total. The average molecular weight is 504 g/mol. The second-order valence-electron chi connectivity index (χ2n) is 8.44. The zero-order valence-electron chi connectivity index (χ0n) is 19.8. The molecule has 1 saturated heterocycles. The van der Waals surface area contributed by atoms with Crippen LogP contribution in [-0.2, 0) is 11.4 Å². The number of halogens is 1. The van der Waals surface area contributed by atoms with E-state index in [9.17, 15) is 4.39 Å². The lowest BCUT2D eigenvalue weighted by molar-refractivity contribution is -0.0796. The first-order chi connectivity index (χ1) is 17.5. The number of pyridine rings is 1. The molecule has 2 aromatic carbocycles. The second kappa shape index (κ2) is 10.4. The van der Waals surface area contributed by atoms with Crippen molar-refractivity contribution in [3.63, 3.8) is 0 Å². The molecule has 36 heavy (non-hydrogen) atoms. The van der Waals surface area contributed by atoms with Crippen molar-refractivity contribution in [1.29, 1.82) is 0 Å². The molecular formula is C26H26FN7OS. The third-order valence-corrected chi connectivity index (χ3v) is 6.60. The minimum atomic E-state index is -0.289. The molecule has 1 aliphatic heterocycles. The van der Waals surface area contributed by atoms with Gasteiger partial charge in [-0.1, -0.05) is 30.3 Å². The number of anilines is 2. The summed E-state index contributed by atoms with van der Waals surface area (Å²) in [5.41, 5.74) is 10.00. The molecule has 0 aliphatic carbocycles. The molecular weight excluding hydrogens is 477 g/mol. The molecule has 0 atom stereocenters. The van der Waals surface area contributed by atoms with Crippen LogP contribution >= 0.6 is 12.2 Å². The summed E-state index contributed by atoms with van der Waals surface area (Å²) in [6.07, 6.45) is 0. The Morgan fingerprint density at radius 1 is 0.972 bits per heavy atom. The van der Waals surface area contributed by atoms with Crippen LogP contribution in [0, 0.1) is 5.82 Å². The van der Waals surface area contributed by atoms with E-state index < -0.39 is 0 Å². The number of benzene rings is 2. The molecule has 0 bridgehead atoms. The number of hydroxylamine groups is 2. The maximum absolute atomic E-state index is 13.4. The highest BCUT2D eigenvalue weighted by Crippen LogP contribution is 2.28. The first kappa shape index (κ1) is 23.8. The minimum absolute atomic E-state index is 0.195. The first-order valence-electron chi connectivity index (χ1n) is 11.6. The van der Waals surface area contributed by atoms with Gasteiger partial charge in [0.15, 0.2) is 10.9 Å². The summed E-state index contributed by atoms with van der Waals surface area (Å²) in [5, 5.41) is 2.37. The van der Waals surface area contributed by atoms with Gasteiger partial charge in [-0.25, -0.2) is 19.4 Å². The molecule has 0 saturated carbocycles. The second-order valence-corrected chi connectivity index (χ2v) is 8.80. The van der Waals surface area contributed by atoms with Crippen molar-refractivity contribution in [2.24, 2.45) is 0 Å². The van der Waals surface area contributed by atoms with Crippen molar-refractivity contribution < 1.29 is 9.23 Å². The monoisotopic (exact) mass is 503 g/mol. The van der Waals surface area contributed by atoms with Gasteiger partial charge in [0.1, 0.15) is 11.3 Å². The molecule has 2 N–H and O–H groups in total. The van der Waals surface area contributed by atoms with Crippen LogP contribution in [0.2, 0.25) is 0 Å². The predicted octanol–water partition coefficient (Wildman–Crippen LogP) is 3.88. The largest absolute Gasteiger partial charge is 0.368 e. The molecule has 0 amide bonds. The first-order valence-corrected chi connectivity index (χ1v) is 12.0. The van der Waals surface area contributed by atoms with E-state index in [2.05, 4.69) is 19.8 Å². The van der Waals surface area contributed by atoms with Gasteiger partial charge in [0.05, 0.1) is 24.9 Å². The number of nitrogens with zero attached hydrogens (tertiary/aromatic N) is 6. The predicted molar refractivity (Wildman–Crippen MR) is 143 cm³/mol. The average Bonchev–Trinajstić information content (AvgIpc) is 2.92. The zero-order chi connectivity index (χ0) is 25.1. The van der Waals surface area contributed by atoms with Crippen molar-refractivity contribution in [2.45, 2.75) is 6.54 Å². The van der Waals surface area contributed by atoms with Gasteiger partial charge in [0.25, 0.3) is 0 Å². The van der Waals surface area contributed by atoms with Crippen LogP contribution in [0.15, 0.2) is 66.7 Å². The quantitative estimate of drug-likeness (QED) is 0.322. The summed E-state index contributed by atoms with van der Waals surface area (Å²) in [5.74, 6) is 0.586. The van der Waals surface area contributed by atoms with E-state index in [1.54, 1.807) is 24.3 Å². The van der Waals surface area contributed by atoms with Gasteiger partial charge < -0.3 is 15.5 Å². The summed E-state index contributed by atoms with van der Waals surface area (Å²) in [6.45, 7) is 3.31. The van der Waals surface area contributed by atoms with Crippen molar-refractivity contribution in [2.75, 3.05) is 43.9 Å². The van der Waals surface area contributed by atoms with Crippen LogP contribution in [0.1, 0.15) is 5.56 Å². The number of rotatable bonds is 5. The van der Waals surface area contributed by atoms with Gasteiger partial charge in [-0.15, -0.1) is 0 Å². The van der Waals surface area contributed by atoms with Crippen molar-refractivity contribution in [3.8, 4) is 11.3 Å². The Kier molecular flexibility index (Phi) is 6.88. The molecule has 5 rings (SSSR count). The number of piperazine rings is 1. The topological polar surface area (TPSA) is 83.6 Å². The van der Waals surface area contributed by atoms with Crippen molar-refractivity contribution in [1.82, 2.24) is 24.9 Å². The Hall–Kier alpha value is -3.89. The van der Waals surface area contributed by atoms with Gasteiger partial charge in [0.2, 0.25) is 5.95 Å².